The van der Waals surface area contributed by atoms with Crippen molar-refractivity contribution in [2.24, 2.45) is 0 Å². The number of aryl methyl sites for hydroxylation is 1. The van der Waals surface area contributed by atoms with Crippen LogP contribution in [0.25, 0.3) is 0 Å². The molecule has 1 heterocycles. The highest BCUT2D eigenvalue weighted by atomic mass is 32.2. The SMILES string of the molecule is Cc1ccc(CC2(C=O)CCCS2)cc1. The van der Waals surface area contributed by atoms with Crippen molar-refractivity contribution in [3.63, 3.8) is 0 Å². The van der Waals surface area contributed by atoms with Gasteiger partial charge in [0, 0.05) is 0 Å². The van der Waals surface area contributed by atoms with Crippen LogP contribution in [0.4, 0.5) is 0 Å². The molecule has 15 heavy (non-hydrogen) atoms. The average molecular weight is 220 g/mol. The maximum atomic E-state index is 11.2. The zero-order valence-electron chi connectivity index (χ0n) is 9.03. The van der Waals surface area contributed by atoms with E-state index in [9.17, 15) is 4.79 Å². The Morgan fingerprint density at radius 2 is 2.13 bits per heavy atom. The van der Waals surface area contributed by atoms with E-state index in [2.05, 4.69) is 31.2 Å². The van der Waals surface area contributed by atoms with E-state index in [1.165, 1.54) is 17.5 Å². The lowest BCUT2D eigenvalue weighted by Gasteiger charge is -2.20. The summed E-state index contributed by atoms with van der Waals surface area (Å²) in [7, 11) is 0. The third kappa shape index (κ3) is 2.43. The van der Waals surface area contributed by atoms with Crippen LogP contribution in [0.2, 0.25) is 0 Å². The van der Waals surface area contributed by atoms with E-state index in [1.807, 2.05) is 11.8 Å². The molecule has 0 aliphatic carbocycles. The molecule has 1 aliphatic rings. The number of carbonyl (C=O) groups is 1. The minimum atomic E-state index is -0.130. The van der Waals surface area contributed by atoms with Gasteiger partial charge in [0.25, 0.3) is 0 Å². The van der Waals surface area contributed by atoms with E-state index in [4.69, 9.17) is 0 Å². The number of thioether (sulfide) groups is 1. The lowest BCUT2D eigenvalue weighted by molar-refractivity contribution is -0.109. The molecule has 0 saturated carbocycles. The first-order valence-corrected chi connectivity index (χ1v) is 6.38. The Labute approximate surface area is 95.3 Å². The van der Waals surface area contributed by atoms with Crippen molar-refractivity contribution < 1.29 is 4.79 Å². The summed E-state index contributed by atoms with van der Waals surface area (Å²) in [6.07, 6.45) is 4.26. The second-order valence-electron chi connectivity index (χ2n) is 4.30. The summed E-state index contributed by atoms with van der Waals surface area (Å²) in [5, 5.41) is 0. The molecule has 1 aromatic carbocycles. The molecule has 0 aromatic heterocycles. The van der Waals surface area contributed by atoms with Gasteiger partial charge in [0.1, 0.15) is 6.29 Å². The molecular weight excluding hydrogens is 204 g/mol. The number of hydrogen-bond acceptors (Lipinski definition) is 2. The fourth-order valence-electron chi connectivity index (χ4n) is 2.04. The van der Waals surface area contributed by atoms with Crippen LogP contribution in [-0.4, -0.2) is 16.8 Å². The van der Waals surface area contributed by atoms with Crippen LogP contribution < -0.4 is 0 Å². The first-order valence-electron chi connectivity index (χ1n) is 5.40. The molecule has 1 atom stereocenters. The van der Waals surface area contributed by atoms with Gasteiger partial charge in [0.15, 0.2) is 0 Å². The monoisotopic (exact) mass is 220 g/mol. The molecular formula is C13H16OS. The number of aldehydes is 1. The Balaban J connectivity index is 2.12. The smallest absolute Gasteiger partial charge is 0.136 e. The first-order chi connectivity index (χ1) is 7.24. The molecule has 80 valence electrons. The lowest BCUT2D eigenvalue weighted by atomic mass is 9.95. The second kappa shape index (κ2) is 4.40. The van der Waals surface area contributed by atoms with Crippen molar-refractivity contribution in [2.45, 2.75) is 30.9 Å². The van der Waals surface area contributed by atoms with Crippen molar-refractivity contribution in [1.29, 1.82) is 0 Å². The molecule has 1 unspecified atom stereocenters. The highest BCUT2D eigenvalue weighted by Crippen LogP contribution is 2.39. The van der Waals surface area contributed by atoms with Gasteiger partial charge in [-0.05, 0) is 37.5 Å². The summed E-state index contributed by atoms with van der Waals surface area (Å²) in [5.74, 6) is 1.13. The first kappa shape index (κ1) is 10.7. The lowest BCUT2D eigenvalue weighted by Crippen LogP contribution is -2.26. The van der Waals surface area contributed by atoms with E-state index in [0.717, 1.165) is 24.9 Å². The Morgan fingerprint density at radius 1 is 1.40 bits per heavy atom. The summed E-state index contributed by atoms with van der Waals surface area (Å²) in [4.78, 5) is 11.2. The van der Waals surface area contributed by atoms with Crippen molar-refractivity contribution in [3.8, 4) is 0 Å². The zero-order chi connectivity index (χ0) is 10.7. The van der Waals surface area contributed by atoms with Crippen molar-refractivity contribution in [3.05, 3.63) is 35.4 Å². The summed E-state index contributed by atoms with van der Waals surface area (Å²) in [6.45, 7) is 2.09. The second-order valence-corrected chi connectivity index (χ2v) is 5.81. The Morgan fingerprint density at radius 3 is 2.67 bits per heavy atom. The summed E-state index contributed by atoms with van der Waals surface area (Å²) in [5.41, 5.74) is 2.56. The van der Waals surface area contributed by atoms with Crippen molar-refractivity contribution in [1.82, 2.24) is 0 Å². The minimum absolute atomic E-state index is 0.130. The number of rotatable bonds is 3. The van der Waals surface area contributed by atoms with Gasteiger partial charge in [0.2, 0.25) is 0 Å². The van der Waals surface area contributed by atoms with Gasteiger partial charge in [-0.2, -0.15) is 0 Å². The number of benzene rings is 1. The predicted molar refractivity (Wildman–Crippen MR) is 65.4 cm³/mol. The van der Waals surface area contributed by atoms with E-state index < -0.39 is 0 Å². The maximum absolute atomic E-state index is 11.2. The van der Waals surface area contributed by atoms with Crippen LogP contribution in [0, 0.1) is 6.92 Å². The average Bonchev–Trinajstić information content (AvgIpc) is 2.71. The summed E-state index contributed by atoms with van der Waals surface area (Å²) in [6, 6.07) is 8.51. The molecule has 2 rings (SSSR count). The molecule has 1 aromatic rings. The molecule has 0 amide bonds. The fourth-order valence-corrected chi connectivity index (χ4v) is 3.37. The highest BCUT2D eigenvalue weighted by Gasteiger charge is 2.34. The quantitative estimate of drug-likeness (QED) is 0.728. The number of hydrogen-bond donors (Lipinski definition) is 0. The third-order valence-corrected chi connectivity index (χ3v) is 4.48. The molecule has 1 aliphatic heterocycles. The van der Waals surface area contributed by atoms with E-state index in [1.54, 1.807) is 0 Å². The molecule has 1 nitrogen and oxygen atoms in total. The molecule has 1 saturated heterocycles. The third-order valence-electron chi connectivity index (χ3n) is 2.97. The predicted octanol–water partition coefficient (Wildman–Crippen LogP) is 3.00. The van der Waals surface area contributed by atoms with Crippen molar-refractivity contribution >= 4 is 18.0 Å². The van der Waals surface area contributed by atoms with E-state index >= 15 is 0 Å². The largest absolute Gasteiger partial charge is 0.302 e. The van der Waals surface area contributed by atoms with Gasteiger partial charge in [-0.3, -0.25) is 0 Å². The van der Waals surface area contributed by atoms with E-state index in [-0.39, 0.29) is 4.75 Å². The minimum Gasteiger partial charge on any atom is -0.302 e. The summed E-state index contributed by atoms with van der Waals surface area (Å²) < 4.78 is -0.130. The normalized spacial score (nSPS) is 25.4. The van der Waals surface area contributed by atoms with Crippen molar-refractivity contribution in [2.75, 3.05) is 5.75 Å². The van der Waals surface area contributed by atoms with Crippen LogP contribution in [0.15, 0.2) is 24.3 Å². The molecule has 0 bridgehead atoms. The van der Waals surface area contributed by atoms with Gasteiger partial charge in [0.05, 0.1) is 4.75 Å². The van der Waals surface area contributed by atoms with Gasteiger partial charge in [-0.25, -0.2) is 0 Å². The fraction of sp³-hybridized carbons (Fsp3) is 0.462. The maximum Gasteiger partial charge on any atom is 0.136 e. The molecule has 0 spiro atoms. The van der Waals surface area contributed by atoms with Crippen LogP contribution in [-0.2, 0) is 11.2 Å². The Kier molecular flexibility index (Phi) is 3.15. The summed E-state index contributed by atoms with van der Waals surface area (Å²) >= 11 is 1.82. The van der Waals surface area contributed by atoms with Gasteiger partial charge >= 0.3 is 0 Å². The highest BCUT2D eigenvalue weighted by molar-refractivity contribution is 8.01. The molecule has 0 radical (unpaired) electrons. The van der Waals surface area contributed by atoms with Crippen LogP contribution in [0.3, 0.4) is 0 Å². The van der Waals surface area contributed by atoms with Crippen LogP contribution >= 0.6 is 11.8 Å². The van der Waals surface area contributed by atoms with Gasteiger partial charge in [-0.15, -0.1) is 11.8 Å². The number of carbonyl (C=O) groups excluding carboxylic acids is 1. The van der Waals surface area contributed by atoms with Crippen LogP contribution in [0.5, 0.6) is 0 Å². The van der Waals surface area contributed by atoms with Gasteiger partial charge in [-0.1, -0.05) is 29.8 Å². The standard InChI is InChI=1S/C13H16OS/c1-11-3-5-12(6-4-11)9-13(10-14)7-2-8-15-13/h3-6,10H,2,7-9H2,1H3. The molecule has 0 N–H and O–H groups in total. The Hall–Kier alpha value is -0.760. The van der Waals surface area contributed by atoms with Crippen LogP contribution in [0.1, 0.15) is 24.0 Å². The Bertz CT molecular complexity index is 336. The topological polar surface area (TPSA) is 17.1 Å². The zero-order valence-corrected chi connectivity index (χ0v) is 9.85. The van der Waals surface area contributed by atoms with Gasteiger partial charge < -0.3 is 4.79 Å². The molecule has 1 fully saturated rings. The molecule has 2 heteroatoms. The van der Waals surface area contributed by atoms with E-state index in [0.29, 0.717) is 0 Å².